The van der Waals surface area contributed by atoms with Crippen molar-refractivity contribution >= 4 is 5.91 Å². The maximum absolute atomic E-state index is 13.8. The van der Waals surface area contributed by atoms with Gasteiger partial charge in [-0.25, -0.2) is 0 Å². The molecule has 5 nitrogen and oxygen atoms in total. The Morgan fingerprint density at radius 3 is 2.87 bits per heavy atom. The van der Waals surface area contributed by atoms with Gasteiger partial charge in [0.25, 0.3) is 5.91 Å². The molecule has 0 aromatic heterocycles. The number of rotatable bonds is 5. The summed E-state index contributed by atoms with van der Waals surface area (Å²) in [5, 5.41) is 12.6. The van der Waals surface area contributed by atoms with Crippen molar-refractivity contribution in [3.63, 3.8) is 0 Å². The molecule has 0 unspecified atom stereocenters. The van der Waals surface area contributed by atoms with E-state index in [9.17, 15) is 9.90 Å². The number of hydrogen-bond donors (Lipinski definition) is 1. The van der Waals surface area contributed by atoms with Crippen LogP contribution in [0.3, 0.4) is 0 Å². The van der Waals surface area contributed by atoms with Crippen molar-refractivity contribution in [1.82, 2.24) is 9.80 Å². The second kappa shape index (κ2) is 9.29. The third kappa shape index (κ3) is 3.65. The van der Waals surface area contributed by atoms with Gasteiger partial charge in [0.15, 0.2) is 0 Å². The number of amides is 1. The largest absolute Gasteiger partial charge is 0.487 e. The Labute approximate surface area is 226 Å². The number of benzene rings is 2. The van der Waals surface area contributed by atoms with Crippen LogP contribution in [0.2, 0.25) is 0 Å². The van der Waals surface area contributed by atoms with E-state index in [0.29, 0.717) is 19.4 Å². The molecule has 2 bridgehead atoms. The maximum Gasteiger partial charge on any atom is 0.299 e. The van der Waals surface area contributed by atoms with Crippen molar-refractivity contribution in [1.29, 1.82) is 0 Å². The third-order valence-corrected chi connectivity index (χ3v) is 9.36. The van der Waals surface area contributed by atoms with Crippen LogP contribution in [-0.4, -0.2) is 64.2 Å². The van der Waals surface area contributed by atoms with Crippen LogP contribution in [0.1, 0.15) is 55.4 Å². The normalized spacial score (nSPS) is 30.6. The second-order valence-corrected chi connectivity index (χ2v) is 12.1. The van der Waals surface area contributed by atoms with Crippen molar-refractivity contribution < 1.29 is 14.6 Å². The van der Waals surface area contributed by atoms with E-state index < -0.39 is 11.0 Å². The number of hydrogen-bond acceptors (Lipinski definition) is 4. The fourth-order valence-electron chi connectivity index (χ4n) is 7.96. The second-order valence-electron chi connectivity index (χ2n) is 12.1. The first-order valence-electron chi connectivity index (χ1n) is 14.0. The molecule has 1 amide bonds. The molecular weight excluding hydrogens is 472 g/mol. The molecule has 5 heteroatoms. The van der Waals surface area contributed by atoms with Crippen molar-refractivity contribution in [2.24, 2.45) is 5.92 Å². The van der Waals surface area contributed by atoms with Crippen LogP contribution in [0.5, 0.6) is 5.75 Å². The van der Waals surface area contributed by atoms with E-state index in [0.717, 1.165) is 42.8 Å². The minimum absolute atomic E-state index is 0.0116. The lowest BCUT2D eigenvalue weighted by molar-refractivity contribution is -0.199. The highest BCUT2D eigenvalue weighted by Gasteiger charge is 2.73. The zero-order chi connectivity index (χ0) is 26.7. The van der Waals surface area contributed by atoms with Gasteiger partial charge < -0.3 is 14.7 Å². The molecule has 4 aliphatic rings. The van der Waals surface area contributed by atoms with E-state index in [1.165, 1.54) is 11.1 Å². The van der Waals surface area contributed by atoms with E-state index in [1.54, 1.807) is 0 Å². The van der Waals surface area contributed by atoms with Gasteiger partial charge in [-0.3, -0.25) is 9.69 Å². The first-order valence-corrected chi connectivity index (χ1v) is 14.0. The molecule has 2 aromatic rings. The van der Waals surface area contributed by atoms with E-state index in [1.807, 2.05) is 48.2 Å². The number of piperidine rings is 1. The summed E-state index contributed by atoms with van der Waals surface area (Å²) in [6.45, 7) is 12.5. The van der Waals surface area contributed by atoms with Gasteiger partial charge in [0.1, 0.15) is 11.9 Å². The van der Waals surface area contributed by atoms with Crippen molar-refractivity contribution in [2.45, 2.75) is 75.7 Å². The summed E-state index contributed by atoms with van der Waals surface area (Å²) in [6, 6.07) is 14.1. The quantitative estimate of drug-likeness (QED) is 0.483. The van der Waals surface area contributed by atoms with Crippen molar-refractivity contribution in [2.75, 3.05) is 19.6 Å². The Morgan fingerprint density at radius 2 is 2.11 bits per heavy atom. The number of carbonyl (C=O) groups excluding carboxylic acids is 1. The van der Waals surface area contributed by atoms with Gasteiger partial charge in [-0.15, -0.1) is 6.58 Å². The minimum atomic E-state index is -0.908. The van der Waals surface area contributed by atoms with Crippen molar-refractivity contribution in [3.8, 4) is 17.6 Å². The zero-order valence-corrected chi connectivity index (χ0v) is 22.7. The van der Waals surface area contributed by atoms with Gasteiger partial charge in [0.2, 0.25) is 0 Å². The van der Waals surface area contributed by atoms with E-state index in [2.05, 4.69) is 49.3 Å². The number of aliphatic hydroxyl groups is 1. The molecule has 1 saturated carbocycles. The number of ether oxygens (including phenoxy) is 1. The summed E-state index contributed by atoms with van der Waals surface area (Å²) < 4.78 is 6.80. The summed E-state index contributed by atoms with van der Waals surface area (Å²) in [5.74, 6) is 7.06. The highest BCUT2D eigenvalue weighted by atomic mass is 16.5. The summed E-state index contributed by atoms with van der Waals surface area (Å²) in [4.78, 5) is 18.1. The summed E-state index contributed by atoms with van der Waals surface area (Å²) in [5.41, 5.74) is 3.00. The monoisotopic (exact) mass is 510 g/mol. The standard InChI is InChI=1S/C33H38N2O3/c1-5-17-34-18-16-32-30-25-10-7-11-27(30)38-31(32)26(14-15-33(32,37)28(34)20-25)35(21-22(2)3)29(36)13-12-24-9-6-8-23(4)19-24/h5-11,19,22,26,28,31,37H,1,14-18,20-21H2,2-4H3/t26-,28-,31+,32+,33-/m1/s1. The SMILES string of the molecule is C=CCN1CC[C@]23c4c5cccc4O[C@H]2[C@H](N(CC(C)C)C(=O)C#Cc2cccc(C)c2)CC[C@@]3(O)[C@H]1C5. The van der Waals surface area contributed by atoms with Gasteiger partial charge in [0.05, 0.1) is 17.1 Å². The van der Waals surface area contributed by atoms with Crippen LogP contribution in [0.25, 0.3) is 0 Å². The molecule has 2 aromatic carbocycles. The molecule has 2 heterocycles. The van der Waals surface area contributed by atoms with Crippen LogP contribution in [-0.2, 0) is 16.6 Å². The molecular formula is C33H38N2O3. The fourth-order valence-corrected chi connectivity index (χ4v) is 7.96. The summed E-state index contributed by atoms with van der Waals surface area (Å²) in [7, 11) is 0. The average Bonchev–Trinajstić information content (AvgIpc) is 3.23. The van der Waals surface area contributed by atoms with Crippen LogP contribution in [0.15, 0.2) is 55.1 Å². The molecule has 1 saturated heterocycles. The Hall–Kier alpha value is -3.07. The predicted molar refractivity (Wildman–Crippen MR) is 149 cm³/mol. The lowest BCUT2D eigenvalue weighted by Crippen LogP contribution is -2.78. The van der Waals surface area contributed by atoms with Crippen LogP contribution in [0, 0.1) is 24.7 Å². The van der Waals surface area contributed by atoms with E-state index in [-0.39, 0.29) is 30.0 Å². The third-order valence-electron chi connectivity index (χ3n) is 9.36. The highest BCUT2D eigenvalue weighted by Crippen LogP contribution is 2.64. The van der Waals surface area contributed by atoms with Gasteiger partial charge >= 0.3 is 0 Å². The number of carbonyl (C=O) groups is 1. The molecule has 198 valence electrons. The number of likely N-dealkylation sites (tertiary alicyclic amines) is 1. The number of nitrogens with zero attached hydrogens (tertiary/aromatic N) is 2. The minimum Gasteiger partial charge on any atom is -0.487 e. The molecule has 38 heavy (non-hydrogen) atoms. The molecule has 1 spiro atoms. The van der Waals surface area contributed by atoms with Gasteiger partial charge in [-0.1, -0.05) is 50.1 Å². The Kier molecular flexibility index (Phi) is 6.17. The van der Waals surface area contributed by atoms with Crippen LogP contribution >= 0.6 is 0 Å². The molecule has 2 aliphatic carbocycles. The Morgan fingerprint density at radius 1 is 1.29 bits per heavy atom. The van der Waals surface area contributed by atoms with E-state index in [4.69, 9.17) is 4.74 Å². The van der Waals surface area contributed by atoms with Gasteiger partial charge in [-0.2, -0.15) is 0 Å². The molecule has 2 fully saturated rings. The fraction of sp³-hybridized carbons (Fsp3) is 0.485. The smallest absolute Gasteiger partial charge is 0.299 e. The zero-order valence-electron chi connectivity index (χ0n) is 22.7. The molecule has 0 radical (unpaired) electrons. The van der Waals surface area contributed by atoms with Crippen molar-refractivity contribution in [3.05, 3.63) is 77.4 Å². The Bertz CT molecular complexity index is 1340. The molecule has 2 aliphatic heterocycles. The van der Waals surface area contributed by atoms with Crippen LogP contribution < -0.4 is 4.74 Å². The first kappa shape index (κ1) is 25.2. The highest BCUT2D eigenvalue weighted by molar-refractivity contribution is 5.94. The summed E-state index contributed by atoms with van der Waals surface area (Å²) in [6.07, 6.45) is 4.59. The molecule has 5 atom stereocenters. The Balaban J connectivity index is 1.41. The van der Waals surface area contributed by atoms with Gasteiger partial charge in [-0.05, 0) is 74.4 Å². The lowest BCUT2D eigenvalue weighted by atomic mass is 9.48. The maximum atomic E-state index is 13.8. The van der Waals surface area contributed by atoms with E-state index >= 15 is 0 Å². The number of aryl methyl sites for hydroxylation is 1. The predicted octanol–water partition coefficient (Wildman–Crippen LogP) is 4.24. The average molecular weight is 511 g/mol. The lowest BCUT2D eigenvalue weighted by Gasteiger charge is -2.64. The van der Waals surface area contributed by atoms with Crippen LogP contribution in [0.4, 0.5) is 0 Å². The summed E-state index contributed by atoms with van der Waals surface area (Å²) >= 11 is 0. The topological polar surface area (TPSA) is 53.0 Å². The first-order chi connectivity index (χ1) is 18.3. The van der Waals surface area contributed by atoms with Gasteiger partial charge in [0, 0.05) is 36.2 Å². The molecule has 1 N–H and O–H groups in total. The molecule has 6 rings (SSSR count).